The number of rotatable bonds is 3. The van der Waals surface area contributed by atoms with Gasteiger partial charge in [-0.3, -0.25) is 4.79 Å². The molecule has 84 valence electrons. The molecular weight excluding hydrogens is 202 g/mol. The normalized spacial score (nSPS) is 10.7. The van der Waals surface area contributed by atoms with Crippen LogP contribution in [0.15, 0.2) is 24.3 Å². The standard InChI is InChI=1S/C13H15NO2/c1-4-16-11-5-6-12-10(7-11)8-13(9(2)15)14(12)3/h5-8H,4H2,1-3H3. The van der Waals surface area contributed by atoms with Gasteiger partial charge >= 0.3 is 0 Å². The summed E-state index contributed by atoms with van der Waals surface area (Å²) in [6.45, 7) is 4.19. The zero-order chi connectivity index (χ0) is 11.7. The summed E-state index contributed by atoms with van der Waals surface area (Å²) in [6.07, 6.45) is 0. The molecule has 0 saturated heterocycles. The molecule has 0 saturated carbocycles. The van der Waals surface area contributed by atoms with Crippen molar-refractivity contribution in [2.75, 3.05) is 6.61 Å². The molecule has 0 aliphatic heterocycles. The first-order valence-electron chi connectivity index (χ1n) is 5.36. The maximum absolute atomic E-state index is 11.4. The van der Waals surface area contributed by atoms with Gasteiger partial charge in [0.1, 0.15) is 5.75 Å². The minimum absolute atomic E-state index is 0.0802. The average Bonchev–Trinajstić information content (AvgIpc) is 2.56. The molecule has 0 aliphatic rings. The van der Waals surface area contributed by atoms with Crippen molar-refractivity contribution >= 4 is 16.7 Å². The highest BCUT2D eigenvalue weighted by molar-refractivity contribution is 5.98. The maximum atomic E-state index is 11.4. The van der Waals surface area contributed by atoms with E-state index in [1.54, 1.807) is 6.92 Å². The van der Waals surface area contributed by atoms with Crippen LogP contribution in [0.3, 0.4) is 0 Å². The predicted octanol–water partition coefficient (Wildman–Crippen LogP) is 2.78. The molecule has 3 nitrogen and oxygen atoms in total. The van der Waals surface area contributed by atoms with Gasteiger partial charge in [0, 0.05) is 24.9 Å². The van der Waals surface area contributed by atoms with Crippen molar-refractivity contribution < 1.29 is 9.53 Å². The van der Waals surface area contributed by atoms with E-state index in [9.17, 15) is 4.79 Å². The third kappa shape index (κ3) is 1.69. The van der Waals surface area contributed by atoms with Gasteiger partial charge in [0.05, 0.1) is 12.3 Å². The molecule has 2 rings (SSSR count). The molecule has 0 bridgehead atoms. The molecule has 0 spiro atoms. The highest BCUT2D eigenvalue weighted by Crippen LogP contribution is 2.24. The summed E-state index contributed by atoms with van der Waals surface area (Å²) in [4.78, 5) is 11.4. The monoisotopic (exact) mass is 217 g/mol. The third-order valence-corrected chi connectivity index (χ3v) is 2.69. The van der Waals surface area contributed by atoms with Gasteiger partial charge in [0.2, 0.25) is 0 Å². The van der Waals surface area contributed by atoms with Crippen LogP contribution in [0, 0.1) is 0 Å². The third-order valence-electron chi connectivity index (χ3n) is 2.69. The number of ether oxygens (including phenoxy) is 1. The molecule has 0 amide bonds. The number of fused-ring (bicyclic) bond motifs is 1. The SMILES string of the molecule is CCOc1ccc2c(c1)cc(C(C)=O)n2C. The summed E-state index contributed by atoms with van der Waals surface area (Å²) < 4.78 is 7.34. The van der Waals surface area contributed by atoms with E-state index in [2.05, 4.69) is 0 Å². The fraction of sp³-hybridized carbons (Fsp3) is 0.308. The van der Waals surface area contributed by atoms with Crippen molar-refractivity contribution in [3.05, 3.63) is 30.0 Å². The van der Waals surface area contributed by atoms with Crippen molar-refractivity contribution in [3.8, 4) is 5.75 Å². The highest BCUT2D eigenvalue weighted by Gasteiger charge is 2.09. The van der Waals surface area contributed by atoms with Gasteiger partial charge in [-0.05, 0) is 31.2 Å². The summed E-state index contributed by atoms with van der Waals surface area (Å²) in [5.74, 6) is 0.923. The Labute approximate surface area is 94.6 Å². The minimum atomic E-state index is 0.0802. The number of Topliss-reactive ketones (excluding diaryl/α,β-unsaturated/α-hetero) is 1. The first-order chi connectivity index (χ1) is 7.63. The lowest BCUT2D eigenvalue weighted by Crippen LogP contribution is -2.00. The van der Waals surface area contributed by atoms with Crippen LogP contribution >= 0.6 is 0 Å². The number of hydrogen-bond acceptors (Lipinski definition) is 2. The van der Waals surface area contributed by atoms with Crippen LogP contribution in [-0.2, 0) is 7.05 Å². The zero-order valence-corrected chi connectivity index (χ0v) is 9.78. The Hall–Kier alpha value is -1.77. The van der Waals surface area contributed by atoms with Crippen molar-refractivity contribution in [2.45, 2.75) is 13.8 Å². The maximum Gasteiger partial charge on any atom is 0.176 e. The molecule has 0 unspecified atom stereocenters. The summed E-state index contributed by atoms with van der Waals surface area (Å²) >= 11 is 0. The second kappa shape index (κ2) is 4.00. The largest absolute Gasteiger partial charge is 0.494 e. The Balaban J connectivity index is 2.58. The molecule has 3 heteroatoms. The van der Waals surface area contributed by atoms with Crippen LogP contribution < -0.4 is 4.74 Å². The van der Waals surface area contributed by atoms with Crippen LogP contribution in [0.5, 0.6) is 5.75 Å². The second-order valence-corrected chi connectivity index (χ2v) is 3.80. The molecule has 2 aromatic rings. The van der Waals surface area contributed by atoms with E-state index < -0.39 is 0 Å². The highest BCUT2D eigenvalue weighted by atomic mass is 16.5. The van der Waals surface area contributed by atoms with Crippen LogP contribution in [0.4, 0.5) is 0 Å². The van der Waals surface area contributed by atoms with E-state index in [1.165, 1.54) is 0 Å². The van der Waals surface area contributed by atoms with Crippen LogP contribution in [0.2, 0.25) is 0 Å². The summed E-state index contributed by atoms with van der Waals surface area (Å²) in [5, 5.41) is 1.04. The van der Waals surface area contributed by atoms with E-state index >= 15 is 0 Å². The van der Waals surface area contributed by atoms with E-state index in [-0.39, 0.29) is 5.78 Å². The molecule has 1 aromatic carbocycles. The molecule has 1 heterocycles. The van der Waals surface area contributed by atoms with Gasteiger partial charge in [-0.1, -0.05) is 0 Å². The summed E-state index contributed by atoms with van der Waals surface area (Å²) in [7, 11) is 1.90. The molecule has 1 aromatic heterocycles. The zero-order valence-electron chi connectivity index (χ0n) is 9.78. The van der Waals surface area contributed by atoms with Gasteiger partial charge in [-0.25, -0.2) is 0 Å². The molecule has 0 aliphatic carbocycles. The molecule has 0 radical (unpaired) electrons. The number of hydrogen-bond donors (Lipinski definition) is 0. The average molecular weight is 217 g/mol. The predicted molar refractivity (Wildman–Crippen MR) is 64.1 cm³/mol. The lowest BCUT2D eigenvalue weighted by atomic mass is 10.2. The summed E-state index contributed by atoms with van der Waals surface area (Å²) in [6, 6.07) is 7.77. The van der Waals surface area contributed by atoms with Gasteiger partial charge in [0.25, 0.3) is 0 Å². The number of carbonyl (C=O) groups excluding carboxylic acids is 1. The molecule has 0 fully saturated rings. The Morgan fingerprint density at radius 2 is 2.12 bits per heavy atom. The Morgan fingerprint density at radius 3 is 2.75 bits per heavy atom. The number of benzene rings is 1. The van der Waals surface area contributed by atoms with E-state index in [4.69, 9.17) is 4.74 Å². The van der Waals surface area contributed by atoms with Crippen LogP contribution in [-0.4, -0.2) is 17.0 Å². The van der Waals surface area contributed by atoms with Crippen molar-refractivity contribution in [1.82, 2.24) is 4.57 Å². The molecule has 0 atom stereocenters. The summed E-state index contributed by atoms with van der Waals surface area (Å²) in [5.41, 5.74) is 1.78. The van der Waals surface area contributed by atoms with Gasteiger partial charge in [-0.2, -0.15) is 0 Å². The van der Waals surface area contributed by atoms with Gasteiger partial charge < -0.3 is 9.30 Å². The Bertz CT molecular complexity index is 540. The van der Waals surface area contributed by atoms with E-state index in [1.807, 2.05) is 42.8 Å². The molecule has 16 heavy (non-hydrogen) atoms. The number of aryl methyl sites for hydroxylation is 1. The Kier molecular flexibility index (Phi) is 2.69. The topological polar surface area (TPSA) is 31.2 Å². The van der Waals surface area contributed by atoms with E-state index in [0.717, 1.165) is 22.3 Å². The first kappa shape index (κ1) is 10.7. The number of nitrogens with zero attached hydrogens (tertiary/aromatic N) is 1. The quantitative estimate of drug-likeness (QED) is 0.740. The lowest BCUT2D eigenvalue weighted by Gasteiger charge is -2.03. The lowest BCUT2D eigenvalue weighted by molar-refractivity contribution is 0.101. The fourth-order valence-electron chi connectivity index (χ4n) is 1.92. The van der Waals surface area contributed by atoms with E-state index in [0.29, 0.717) is 6.61 Å². The number of carbonyl (C=O) groups is 1. The van der Waals surface area contributed by atoms with Crippen LogP contribution in [0.1, 0.15) is 24.3 Å². The van der Waals surface area contributed by atoms with Gasteiger partial charge in [-0.15, -0.1) is 0 Å². The number of ketones is 1. The van der Waals surface area contributed by atoms with Crippen molar-refractivity contribution in [1.29, 1.82) is 0 Å². The smallest absolute Gasteiger partial charge is 0.176 e. The Morgan fingerprint density at radius 1 is 1.38 bits per heavy atom. The minimum Gasteiger partial charge on any atom is -0.494 e. The van der Waals surface area contributed by atoms with Crippen molar-refractivity contribution in [2.24, 2.45) is 7.05 Å². The fourth-order valence-corrected chi connectivity index (χ4v) is 1.92. The first-order valence-corrected chi connectivity index (χ1v) is 5.36. The van der Waals surface area contributed by atoms with Gasteiger partial charge in [0.15, 0.2) is 5.78 Å². The van der Waals surface area contributed by atoms with Crippen LogP contribution in [0.25, 0.3) is 10.9 Å². The van der Waals surface area contributed by atoms with Crippen molar-refractivity contribution in [3.63, 3.8) is 0 Å². The second-order valence-electron chi connectivity index (χ2n) is 3.80. The molecule has 0 N–H and O–H groups in total. The molecular formula is C13H15NO2. The number of aromatic nitrogens is 1.